The van der Waals surface area contributed by atoms with Gasteiger partial charge in [-0.1, -0.05) is 6.92 Å². The quantitative estimate of drug-likeness (QED) is 0.754. The fraction of sp³-hybridized carbons (Fsp3) is 0.727. The van der Waals surface area contributed by atoms with Crippen LogP contribution in [0.1, 0.15) is 24.7 Å². The largest absolute Gasteiger partial charge is 0.330 e. The highest BCUT2D eigenvalue weighted by molar-refractivity contribution is 5.09. The van der Waals surface area contributed by atoms with Crippen LogP contribution in [0, 0.1) is 0 Å². The highest BCUT2D eigenvalue weighted by atomic mass is 15.3. The molecule has 0 spiro atoms. The van der Waals surface area contributed by atoms with Gasteiger partial charge in [-0.15, -0.1) is 0 Å². The van der Waals surface area contributed by atoms with Crippen molar-refractivity contribution in [2.24, 2.45) is 12.8 Å². The third kappa shape index (κ3) is 3.64. The summed E-state index contributed by atoms with van der Waals surface area (Å²) in [5.41, 5.74) is 7.92. The molecule has 0 saturated heterocycles. The molecule has 0 aliphatic carbocycles. The second-order valence-electron chi connectivity index (χ2n) is 3.98. The predicted octanol–water partition coefficient (Wildman–Crippen LogP) is 0.763. The smallest absolute Gasteiger partial charge is 0.0625 e. The van der Waals surface area contributed by atoms with Gasteiger partial charge in [-0.3, -0.25) is 4.68 Å². The van der Waals surface area contributed by atoms with Gasteiger partial charge >= 0.3 is 0 Å². The molecule has 15 heavy (non-hydrogen) atoms. The Kier molecular flexibility index (Phi) is 4.78. The minimum atomic E-state index is 0.760. The molecule has 1 aromatic heterocycles. The molecule has 0 radical (unpaired) electrons. The molecule has 4 heteroatoms. The van der Waals surface area contributed by atoms with E-state index in [0.717, 1.165) is 32.5 Å². The van der Waals surface area contributed by atoms with Crippen molar-refractivity contribution in [3.05, 3.63) is 17.5 Å². The third-order valence-corrected chi connectivity index (χ3v) is 2.57. The highest BCUT2D eigenvalue weighted by Crippen LogP contribution is 2.06. The summed E-state index contributed by atoms with van der Waals surface area (Å²) in [7, 11) is 4.12. The zero-order chi connectivity index (χ0) is 11.3. The molecule has 0 bridgehead atoms. The molecule has 0 unspecified atom stereocenters. The van der Waals surface area contributed by atoms with E-state index in [1.165, 1.54) is 11.4 Å². The molecule has 1 rings (SSSR count). The minimum Gasteiger partial charge on any atom is -0.330 e. The first-order valence-corrected chi connectivity index (χ1v) is 5.57. The van der Waals surface area contributed by atoms with Crippen LogP contribution in [-0.4, -0.2) is 34.8 Å². The first kappa shape index (κ1) is 12.2. The number of hydrogen-bond acceptors (Lipinski definition) is 3. The fourth-order valence-electron chi connectivity index (χ4n) is 1.61. The zero-order valence-corrected chi connectivity index (χ0v) is 10.0. The third-order valence-electron chi connectivity index (χ3n) is 2.57. The van der Waals surface area contributed by atoms with E-state index in [2.05, 4.69) is 30.0 Å². The predicted molar refractivity (Wildman–Crippen MR) is 62.6 cm³/mol. The summed E-state index contributed by atoms with van der Waals surface area (Å²) in [4.78, 5) is 2.28. The normalized spacial score (nSPS) is 11.3. The van der Waals surface area contributed by atoms with E-state index in [0.29, 0.717) is 0 Å². The van der Waals surface area contributed by atoms with Crippen LogP contribution >= 0.6 is 0 Å². The van der Waals surface area contributed by atoms with E-state index in [9.17, 15) is 0 Å². The van der Waals surface area contributed by atoms with Gasteiger partial charge in [0.15, 0.2) is 0 Å². The lowest BCUT2D eigenvalue weighted by Gasteiger charge is -2.15. The van der Waals surface area contributed by atoms with Crippen LogP contribution in [0.3, 0.4) is 0 Å². The zero-order valence-electron chi connectivity index (χ0n) is 10.0. The maximum Gasteiger partial charge on any atom is 0.0625 e. The van der Waals surface area contributed by atoms with Gasteiger partial charge in [0.05, 0.1) is 11.4 Å². The maximum atomic E-state index is 5.48. The minimum absolute atomic E-state index is 0.760. The highest BCUT2D eigenvalue weighted by Gasteiger charge is 2.06. The molecule has 1 heterocycles. The van der Waals surface area contributed by atoms with Gasteiger partial charge in [-0.25, -0.2) is 0 Å². The Morgan fingerprint density at radius 3 is 2.80 bits per heavy atom. The monoisotopic (exact) mass is 210 g/mol. The molecule has 0 fully saturated rings. The van der Waals surface area contributed by atoms with Gasteiger partial charge < -0.3 is 10.6 Å². The number of rotatable bonds is 6. The summed E-state index contributed by atoms with van der Waals surface area (Å²) in [6, 6.07) is 2.18. The van der Waals surface area contributed by atoms with Crippen molar-refractivity contribution in [1.29, 1.82) is 0 Å². The van der Waals surface area contributed by atoms with E-state index in [1.54, 1.807) is 0 Å². The van der Waals surface area contributed by atoms with Crippen molar-refractivity contribution in [3.8, 4) is 0 Å². The van der Waals surface area contributed by atoms with Crippen LogP contribution in [-0.2, 0) is 20.0 Å². The van der Waals surface area contributed by atoms with Crippen LogP contribution in [0.2, 0.25) is 0 Å². The first-order chi connectivity index (χ1) is 7.17. The Morgan fingerprint density at radius 2 is 2.27 bits per heavy atom. The summed E-state index contributed by atoms with van der Waals surface area (Å²) in [6.45, 7) is 4.88. The van der Waals surface area contributed by atoms with Crippen molar-refractivity contribution in [1.82, 2.24) is 14.7 Å². The first-order valence-electron chi connectivity index (χ1n) is 5.57. The van der Waals surface area contributed by atoms with E-state index in [1.807, 2.05) is 11.7 Å². The summed E-state index contributed by atoms with van der Waals surface area (Å²) in [6.07, 6.45) is 2.05. The van der Waals surface area contributed by atoms with Crippen molar-refractivity contribution < 1.29 is 0 Å². The van der Waals surface area contributed by atoms with E-state index < -0.39 is 0 Å². The average Bonchev–Trinajstić information content (AvgIpc) is 2.57. The molecule has 86 valence electrons. The SMILES string of the molecule is CCc1cc(CN(C)CCCN)n(C)n1. The van der Waals surface area contributed by atoms with Gasteiger partial charge in [-0.2, -0.15) is 5.10 Å². The Bertz CT molecular complexity index is 293. The number of nitrogens with zero attached hydrogens (tertiary/aromatic N) is 3. The van der Waals surface area contributed by atoms with Gasteiger partial charge in [0, 0.05) is 13.6 Å². The fourth-order valence-corrected chi connectivity index (χ4v) is 1.61. The number of nitrogens with two attached hydrogens (primary N) is 1. The lowest BCUT2D eigenvalue weighted by molar-refractivity contribution is 0.315. The summed E-state index contributed by atoms with van der Waals surface area (Å²) in [5, 5.41) is 4.43. The Labute approximate surface area is 92.1 Å². The molecule has 0 saturated carbocycles. The summed E-state index contributed by atoms with van der Waals surface area (Å²) >= 11 is 0. The Hall–Kier alpha value is -0.870. The Balaban J connectivity index is 2.51. The molecule has 0 aromatic carbocycles. The summed E-state index contributed by atoms with van der Waals surface area (Å²) in [5.74, 6) is 0. The molecule has 0 amide bonds. The van der Waals surface area contributed by atoms with Crippen molar-refractivity contribution >= 4 is 0 Å². The second-order valence-corrected chi connectivity index (χ2v) is 3.98. The molecule has 0 aliphatic rings. The van der Waals surface area contributed by atoms with E-state index in [-0.39, 0.29) is 0 Å². The van der Waals surface area contributed by atoms with Crippen LogP contribution in [0.4, 0.5) is 0 Å². The van der Waals surface area contributed by atoms with Crippen LogP contribution in [0.25, 0.3) is 0 Å². The van der Waals surface area contributed by atoms with Gasteiger partial charge in [0.2, 0.25) is 0 Å². The second kappa shape index (κ2) is 5.88. The van der Waals surface area contributed by atoms with Crippen LogP contribution in [0.15, 0.2) is 6.07 Å². The van der Waals surface area contributed by atoms with E-state index >= 15 is 0 Å². The Morgan fingerprint density at radius 1 is 1.53 bits per heavy atom. The van der Waals surface area contributed by atoms with Crippen molar-refractivity contribution in [2.75, 3.05) is 20.1 Å². The lowest BCUT2D eigenvalue weighted by Crippen LogP contribution is -2.22. The van der Waals surface area contributed by atoms with Crippen LogP contribution < -0.4 is 5.73 Å². The van der Waals surface area contributed by atoms with Gasteiger partial charge in [0.1, 0.15) is 0 Å². The topological polar surface area (TPSA) is 47.1 Å². The van der Waals surface area contributed by atoms with E-state index in [4.69, 9.17) is 5.73 Å². The molecule has 0 atom stereocenters. The van der Waals surface area contributed by atoms with Gasteiger partial charge in [0.25, 0.3) is 0 Å². The molecular formula is C11H22N4. The number of aromatic nitrogens is 2. The molecule has 1 aromatic rings. The van der Waals surface area contributed by atoms with Crippen molar-refractivity contribution in [2.45, 2.75) is 26.3 Å². The molecule has 4 nitrogen and oxygen atoms in total. The van der Waals surface area contributed by atoms with Crippen molar-refractivity contribution in [3.63, 3.8) is 0 Å². The van der Waals surface area contributed by atoms with Gasteiger partial charge in [-0.05, 0) is 39.0 Å². The lowest BCUT2D eigenvalue weighted by atomic mass is 10.3. The number of hydrogen-bond donors (Lipinski definition) is 1. The number of aryl methyl sites for hydroxylation is 2. The molecule has 2 N–H and O–H groups in total. The standard InChI is InChI=1S/C11H22N4/c1-4-10-8-11(15(3)13-10)9-14(2)7-5-6-12/h8H,4-7,9,12H2,1-3H3. The maximum absolute atomic E-state index is 5.48. The average molecular weight is 210 g/mol. The summed E-state index contributed by atoms with van der Waals surface area (Å²) < 4.78 is 1.97. The molecular weight excluding hydrogens is 188 g/mol. The molecule has 0 aliphatic heterocycles. The van der Waals surface area contributed by atoms with Crippen LogP contribution in [0.5, 0.6) is 0 Å².